The van der Waals surface area contributed by atoms with E-state index < -0.39 is 16.1 Å². The Morgan fingerprint density at radius 2 is 1.86 bits per heavy atom. The molecular weight excluding hydrogens is 526 g/mol. The number of thiophene rings is 1. The molecule has 36 heavy (non-hydrogen) atoms. The summed E-state index contributed by atoms with van der Waals surface area (Å²) in [4.78, 5) is 47.3. The number of piperidine rings is 3. The maximum absolute atomic E-state index is 13.1. The van der Waals surface area contributed by atoms with Crippen LogP contribution in [0, 0.1) is 11.8 Å². The molecule has 2 aromatic heterocycles. The average molecular weight is 554 g/mol. The van der Waals surface area contributed by atoms with E-state index in [9.17, 15) is 22.8 Å². The molecule has 3 fully saturated rings. The van der Waals surface area contributed by atoms with E-state index >= 15 is 0 Å². The van der Waals surface area contributed by atoms with E-state index in [4.69, 9.17) is 11.6 Å². The maximum atomic E-state index is 13.1. The smallest absolute Gasteiger partial charge is 0.250 e. The zero-order valence-electron chi connectivity index (χ0n) is 19.9. The van der Waals surface area contributed by atoms with Gasteiger partial charge in [-0.15, -0.1) is 11.3 Å². The fraction of sp³-hybridized carbons (Fsp3) is 0.565. The highest BCUT2D eigenvalue weighted by Gasteiger charge is 2.39. The largest absolute Gasteiger partial charge is 0.342 e. The summed E-state index contributed by atoms with van der Waals surface area (Å²) >= 11 is 6.97. The lowest BCUT2D eigenvalue weighted by molar-refractivity contribution is -0.146. The van der Waals surface area contributed by atoms with E-state index in [0.717, 1.165) is 17.8 Å². The number of hydrogen-bond donors (Lipinski definition) is 1. The lowest BCUT2D eigenvalue weighted by Crippen LogP contribution is -2.58. The van der Waals surface area contributed by atoms with Crippen molar-refractivity contribution in [2.24, 2.45) is 11.8 Å². The summed E-state index contributed by atoms with van der Waals surface area (Å²) in [5.74, 6) is 0.0265. The molecule has 194 valence electrons. The molecular formula is C23H28ClN5O5S2. The minimum atomic E-state index is -3.95. The second kappa shape index (κ2) is 9.88. The first-order chi connectivity index (χ1) is 17.1. The van der Waals surface area contributed by atoms with Crippen LogP contribution >= 0.6 is 22.9 Å². The number of carbonyl (C=O) groups is 3. The fourth-order valence-corrected chi connectivity index (χ4v) is 8.18. The van der Waals surface area contributed by atoms with E-state index in [1.54, 1.807) is 24.0 Å². The van der Waals surface area contributed by atoms with Gasteiger partial charge >= 0.3 is 0 Å². The summed E-state index contributed by atoms with van der Waals surface area (Å²) in [6.45, 7) is 4.36. The highest BCUT2D eigenvalue weighted by molar-refractivity contribution is 7.91. The van der Waals surface area contributed by atoms with Crippen LogP contribution in [0.4, 0.5) is 0 Å². The molecule has 1 N–H and O–H groups in total. The summed E-state index contributed by atoms with van der Waals surface area (Å²) in [6.07, 6.45) is 1.96. The average Bonchev–Trinajstić information content (AvgIpc) is 3.25. The van der Waals surface area contributed by atoms with E-state index in [1.807, 2.05) is 4.90 Å². The molecule has 13 heteroatoms. The lowest BCUT2D eigenvalue weighted by Gasteiger charge is -2.46. The number of fused-ring (bicyclic) bond motifs is 3. The van der Waals surface area contributed by atoms with Gasteiger partial charge in [-0.1, -0.05) is 11.6 Å². The molecule has 5 rings (SSSR count). The number of sulfonamides is 1. The van der Waals surface area contributed by atoms with Gasteiger partial charge in [0, 0.05) is 39.6 Å². The molecule has 3 amide bonds. The molecule has 3 unspecified atom stereocenters. The molecule has 0 aromatic carbocycles. The predicted molar refractivity (Wildman–Crippen MR) is 135 cm³/mol. The Balaban J connectivity index is 1.22. The number of amides is 3. The summed E-state index contributed by atoms with van der Waals surface area (Å²) in [5.41, 5.74) is 0.479. The molecule has 2 bridgehead atoms. The van der Waals surface area contributed by atoms with Gasteiger partial charge in [0.25, 0.3) is 10.0 Å². The van der Waals surface area contributed by atoms with E-state index in [1.165, 1.54) is 11.0 Å². The number of halogens is 1. The fourth-order valence-electron chi connectivity index (χ4n) is 5.47. The molecule has 0 aliphatic carbocycles. The molecule has 3 aliphatic heterocycles. The molecule has 0 radical (unpaired) electrons. The maximum Gasteiger partial charge on any atom is 0.250 e. The van der Waals surface area contributed by atoms with E-state index in [2.05, 4.69) is 9.71 Å². The highest BCUT2D eigenvalue weighted by Crippen LogP contribution is 2.30. The van der Waals surface area contributed by atoms with Crippen molar-refractivity contribution in [1.29, 1.82) is 0 Å². The van der Waals surface area contributed by atoms with Crippen molar-refractivity contribution in [1.82, 2.24) is 24.4 Å². The van der Waals surface area contributed by atoms with Gasteiger partial charge < -0.3 is 14.7 Å². The summed E-state index contributed by atoms with van der Waals surface area (Å²) in [7, 11) is -3.95. The molecule has 3 saturated heterocycles. The molecule has 5 heterocycles. The first-order valence-electron chi connectivity index (χ1n) is 12.0. The minimum absolute atomic E-state index is 0.0626. The summed E-state index contributed by atoms with van der Waals surface area (Å²) < 4.78 is 29.3. The number of nitrogens with zero attached hydrogens (tertiary/aromatic N) is 4. The molecule has 0 saturated carbocycles. The number of likely N-dealkylation sites (tertiary alicyclic amines) is 3. The Kier molecular flexibility index (Phi) is 6.96. The number of pyridine rings is 1. The second-order valence-electron chi connectivity index (χ2n) is 9.85. The van der Waals surface area contributed by atoms with Gasteiger partial charge in [0.1, 0.15) is 15.4 Å². The second-order valence-corrected chi connectivity index (χ2v) is 13.3. The van der Waals surface area contributed by atoms with E-state index in [-0.39, 0.29) is 45.5 Å². The molecule has 3 atom stereocenters. The predicted octanol–water partition coefficient (Wildman–Crippen LogP) is 1.55. The summed E-state index contributed by atoms with van der Waals surface area (Å²) in [5, 5.41) is 0.272. The normalized spacial score (nSPS) is 24.9. The minimum Gasteiger partial charge on any atom is -0.342 e. The Morgan fingerprint density at radius 1 is 1.17 bits per heavy atom. The third kappa shape index (κ3) is 5.22. The number of hydrogen-bond acceptors (Lipinski definition) is 7. The first kappa shape index (κ1) is 25.4. The van der Waals surface area contributed by atoms with Crippen LogP contribution in [0.1, 0.15) is 26.2 Å². The van der Waals surface area contributed by atoms with Crippen LogP contribution in [0.5, 0.6) is 0 Å². The third-order valence-electron chi connectivity index (χ3n) is 7.12. The Bertz CT molecular complexity index is 1300. The van der Waals surface area contributed by atoms with Gasteiger partial charge in [0.2, 0.25) is 17.7 Å². The zero-order chi connectivity index (χ0) is 25.6. The SMILES string of the molecule is CC(=O)N1CC2CC(C1)CN(C(=O)CN1CCCC(NS(=O)(=O)c3cc4nc(Cl)ccc4s3)C1=O)C2. The van der Waals surface area contributed by atoms with Crippen molar-refractivity contribution >= 4 is 60.9 Å². The quantitative estimate of drug-likeness (QED) is 0.561. The van der Waals surface area contributed by atoms with Crippen molar-refractivity contribution in [3.8, 4) is 0 Å². The van der Waals surface area contributed by atoms with Crippen molar-refractivity contribution in [3.63, 3.8) is 0 Å². The zero-order valence-corrected chi connectivity index (χ0v) is 22.2. The van der Waals surface area contributed by atoms with Crippen molar-refractivity contribution in [2.75, 3.05) is 39.3 Å². The van der Waals surface area contributed by atoms with Crippen LogP contribution in [0.15, 0.2) is 22.4 Å². The topological polar surface area (TPSA) is 120 Å². The van der Waals surface area contributed by atoms with Gasteiger partial charge in [0.05, 0.1) is 16.8 Å². The summed E-state index contributed by atoms with van der Waals surface area (Å²) in [6, 6.07) is 3.82. The molecule has 2 aromatic rings. The van der Waals surface area contributed by atoms with Crippen molar-refractivity contribution < 1.29 is 22.8 Å². The molecule has 0 spiro atoms. The lowest BCUT2D eigenvalue weighted by atomic mass is 9.84. The Labute approximate surface area is 218 Å². The Hall–Kier alpha value is -2.28. The van der Waals surface area contributed by atoms with Crippen LogP contribution in [-0.4, -0.2) is 91.1 Å². The van der Waals surface area contributed by atoms with Crippen molar-refractivity contribution in [2.45, 2.75) is 36.4 Å². The first-order valence-corrected chi connectivity index (χ1v) is 14.7. The van der Waals surface area contributed by atoms with Gasteiger partial charge in [-0.05, 0) is 49.3 Å². The van der Waals surface area contributed by atoms with Gasteiger partial charge in [-0.3, -0.25) is 14.4 Å². The standard InChI is InChI=1S/C23H28ClN5O5S2/c1-14(30)28-9-15-7-16(10-28)12-29(11-15)21(31)13-27-6-2-3-17(23(27)32)26-36(33,34)22-8-18-19(35-22)4-5-20(24)25-18/h4-5,8,15-17,26H,2-3,6-7,9-13H2,1H3. The number of nitrogens with one attached hydrogen (secondary N) is 1. The Morgan fingerprint density at radius 3 is 2.56 bits per heavy atom. The van der Waals surface area contributed by atoms with Gasteiger partial charge in [0.15, 0.2) is 0 Å². The number of rotatable bonds is 5. The van der Waals surface area contributed by atoms with Crippen molar-refractivity contribution in [3.05, 3.63) is 23.4 Å². The van der Waals surface area contributed by atoms with Crippen LogP contribution < -0.4 is 4.72 Å². The number of carbonyl (C=O) groups excluding carboxylic acids is 3. The highest BCUT2D eigenvalue weighted by atomic mass is 35.5. The molecule has 3 aliphatic rings. The van der Waals surface area contributed by atoms with Gasteiger partial charge in [-0.25, -0.2) is 13.4 Å². The van der Waals surface area contributed by atoms with Gasteiger partial charge in [-0.2, -0.15) is 4.72 Å². The monoisotopic (exact) mass is 553 g/mol. The molecule has 10 nitrogen and oxygen atoms in total. The van der Waals surface area contributed by atoms with E-state index in [0.29, 0.717) is 55.8 Å². The van der Waals surface area contributed by atoms with Crippen LogP contribution in [-0.2, 0) is 24.4 Å². The van der Waals surface area contributed by atoms with Crippen LogP contribution in [0.2, 0.25) is 5.15 Å². The van der Waals surface area contributed by atoms with Crippen LogP contribution in [0.3, 0.4) is 0 Å². The number of aromatic nitrogens is 1. The third-order valence-corrected chi connectivity index (χ3v) is 10.4. The van der Waals surface area contributed by atoms with Crippen LogP contribution in [0.25, 0.3) is 10.2 Å².